The summed E-state index contributed by atoms with van der Waals surface area (Å²) in [6, 6.07) is 0. The molecule has 0 aliphatic carbocycles. The molecule has 0 aliphatic heterocycles. The van der Waals surface area contributed by atoms with Gasteiger partial charge in [-0.25, -0.2) is 0 Å². The lowest BCUT2D eigenvalue weighted by molar-refractivity contribution is -0.167. The van der Waals surface area contributed by atoms with Gasteiger partial charge in [-0.05, 0) is 77.0 Å². The Kier molecular flexibility index (Phi) is 50.3. The molecule has 0 saturated carbocycles. The molecule has 368 valence electrons. The minimum atomic E-state index is -0.775. The van der Waals surface area contributed by atoms with Crippen LogP contribution in [0.3, 0.4) is 0 Å². The third-order valence-corrected chi connectivity index (χ3v) is 12.1. The zero-order chi connectivity index (χ0) is 45.8. The fourth-order valence-corrected chi connectivity index (χ4v) is 7.94. The first kappa shape index (κ1) is 60.6. The lowest BCUT2D eigenvalue weighted by Crippen LogP contribution is -2.30. The van der Waals surface area contributed by atoms with E-state index in [4.69, 9.17) is 14.2 Å². The predicted octanol–water partition coefficient (Wildman–Crippen LogP) is 18.1. The zero-order valence-electron chi connectivity index (χ0n) is 42.1. The molecule has 0 N–H and O–H groups in total. The van der Waals surface area contributed by atoms with Crippen molar-refractivity contribution in [3.8, 4) is 0 Å². The van der Waals surface area contributed by atoms with Crippen LogP contribution in [0.4, 0.5) is 0 Å². The van der Waals surface area contributed by atoms with Crippen LogP contribution in [0, 0.1) is 0 Å². The molecule has 63 heavy (non-hydrogen) atoms. The first-order chi connectivity index (χ1) is 31.0. The van der Waals surface area contributed by atoms with E-state index in [9.17, 15) is 14.4 Å². The van der Waals surface area contributed by atoms with Crippen molar-refractivity contribution in [1.82, 2.24) is 0 Å². The van der Waals surface area contributed by atoms with E-state index in [1.165, 1.54) is 173 Å². The third kappa shape index (κ3) is 50.5. The van der Waals surface area contributed by atoms with Crippen LogP contribution >= 0.6 is 0 Å². The van der Waals surface area contributed by atoms with Crippen LogP contribution < -0.4 is 0 Å². The Morgan fingerprint density at radius 3 is 0.921 bits per heavy atom. The lowest BCUT2D eigenvalue weighted by Gasteiger charge is -2.18. The highest BCUT2D eigenvalue weighted by molar-refractivity contribution is 5.71. The molecule has 0 bridgehead atoms. The minimum absolute atomic E-state index is 0.0758. The van der Waals surface area contributed by atoms with Gasteiger partial charge in [0.15, 0.2) is 6.10 Å². The summed E-state index contributed by atoms with van der Waals surface area (Å²) < 4.78 is 16.8. The largest absolute Gasteiger partial charge is 0.462 e. The maximum atomic E-state index is 12.8. The Bertz CT molecular complexity index is 1060. The summed E-state index contributed by atoms with van der Waals surface area (Å²) in [5.41, 5.74) is 0. The summed E-state index contributed by atoms with van der Waals surface area (Å²) in [5.74, 6) is -0.877. The number of allylic oxidation sites excluding steroid dienone is 6. The molecule has 0 spiro atoms. The first-order valence-electron chi connectivity index (χ1n) is 27.5. The molecule has 0 rings (SSSR count). The van der Waals surface area contributed by atoms with Crippen LogP contribution in [0.2, 0.25) is 0 Å². The van der Waals surface area contributed by atoms with Gasteiger partial charge in [0, 0.05) is 19.3 Å². The van der Waals surface area contributed by atoms with Crippen molar-refractivity contribution in [2.75, 3.05) is 13.2 Å². The number of esters is 3. The molecular weight excluding hydrogens is 781 g/mol. The van der Waals surface area contributed by atoms with E-state index in [-0.39, 0.29) is 31.1 Å². The average molecular weight is 885 g/mol. The van der Waals surface area contributed by atoms with Crippen molar-refractivity contribution >= 4 is 17.9 Å². The molecular formula is C57H104O6. The van der Waals surface area contributed by atoms with E-state index in [2.05, 4.69) is 57.2 Å². The molecule has 6 heteroatoms. The Morgan fingerprint density at radius 2 is 0.571 bits per heavy atom. The zero-order valence-corrected chi connectivity index (χ0v) is 42.1. The molecule has 0 saturated heterocycles. The summed E-state index contributed by atoms with van der Waals surface area (Å²) >= 11 is 0. The molecule has 0 aliphatic rings. The minimum Gasteiger partial charge on any atom is -0.462 e. The highest BCUT2D eigenvalue weighted by Crippen LogP contribution is 2.16. The van der Waals surface area contributed by atoms with E-state index >= 15 is 0 Å². The van der Waals surface area contributed by atoms with Gasteiger partial charge in [0.05, 0.1) is 0 Å². The monoisotopic (exact) mass is 885 g/mol. The molecule has 0 amide bonds. The van der Waals surface area contributed by atoms with E-state index in [0.717, 1.165) is 77.0 Å². The highest BCUT2D eigenvalue weighted by Gasteiger charge is 2.19. The maximum Gasteiger partial charge on any atom is 0.306 e. The van der Waals surface area contributed by atoms with Crippen molar-refractivity contribution in [2.45, 2.75) is 297 Å². The van der Waals surface area contributed by atoms with Gasteiger partial charge in [-0.2, -0.15) is 0 Å². The van der Waals surface area contributed by atoms with Crippen LogP contribution in [0.1, 0.15) is 290 Å². The highest BCUT2D eigenvalue weighted by atomic mass is 16.6. The van der Waals surface area contributed by atoms with Gasteiger partial charge in [-0.15, -0.1) is 0 Å². The van der Waals surface area contributed by atoms with Gasteiger partial charge in [0.2, 0.25) is 0 Å². The van der Waals surface area contributed by atoms with Gasteiger partial charge < -0.3 is 14.2 Å². The number of ether oxygens (including phenoxy) is 3. The summed E-state index contributed by atoms with van der Waals surface area (Å²) in [6.45, 7) is 6.62. The predicted molar refractivity (Wildman–Crippen MR) is 270 cm³/mol. The second kappa shape index (κ2) is 52.3. The van der Waals surface area contributed by atoms with E-state index < -0.39 is 6.10 Å². The molecule has 0 fully saturated rings. The molecule has 0 aromatic heterocycles. The van der Waals surface area contributed by atoms with Gasteiger partial charge in [0.1, 0.15) is 13.2 Å². The van der Waals surface area contributed by atoms with Crippen LogP contribution in [0.25, 0.3) is 0 Å². The number of rotatable bonds is 50. The quantitative estimate of drug-likeness (QED) is 0.0262. The molecule has 0 aromatic carbocycles. The van der Waals surface area contributed by atoms with Crippen molar-refractivity contribution in [1.29, 1.82) is 0 Å². The average Bonchev–Trinajstić information content (AvgIpc) is 3.28. The Morgan fingerprint density at radius 1 is 0.317 bits per heavy atom. The van der Waals surface area contributed by atoms with E-state index in [0.29, 0.717) is 19.3 Å². The smallest absolute Gasteiger partial charge is 0.306 e. The Balaban J connectivity index is 4.36. The van der Waals surface area contributed by atoms with Crippen molar-refractivity contribution in [3.05, 3.63) is 36.5 Å². The van der Waals surface area contributed by atoms with E-state index in [1.54, 1.807) is 0 Å². The van der Waals surface area contributed by atoms with Crippen molar-refractivity contribution in [2.24, 2.45) is 0 Å². The summed E-state index contributed by atoms with van der Waals surface area (Å²) in [5, 5.41) is 0. The van der Waals surface area contributed by atoms with Gasteiger partial charge in [0.25, 0.3) is 0 Å². The summed E-state index contributed by atoms with van der Waals surface area (Å²) in [7, 11) is 0. The Labute approximate surface area is 391 Å². The van der Waals surface area contributed by atoms with Crippen LogP contribution in [0.15, 0.2) is 36.5 Å². The molecule has 0 unspecified atom stereocenters. The second-order valence-corrected chi connectivity index (χ2v) is 18.5. The van der Waals surface area contributed by atoms with Crippen molar-refractivity contribution in [3.63, 3.8) is 0 Å². The van der Waals surface area contributed by atoms with Crippen molar-refractivity contribution < 1.29 is 28.6 Å². The number of carbonyl (C=O) groups excluding carboxylic acids is 3. The number of carbonyl (C=O) groups is 3. The molecule has 1 atom stereocenters. The fourth-order valence-electron chi connectivity index (χ4n) is 7.94. The van der Waals surface area contributed by atoms with Gasteiger partial charge >= 0.3 is 17.9 Å². The van der Waals surface area contributed by atoms with Crippen LogP contribution in [-0.4, -0.2) is 37.2 Å². The maximum absolute atomic E-state index is 12.8. The van der Waals surface area contributed by atoms with Crippen LogP contribution in [0.5, 0.6) is 0 Å². The van der Waals surface area contributed by atoms with Gasteiger partial charge in [-0.3, -0.25) is 14.4 Å². The SMILES string of the molecule is CCCCC/C=C\C/C=C\CCCCCCCCCC(=O)OC[C@H](COC(=O)CCCCCCC/C=C\CCCCCCCC)OC(=O)CCCCCCCCCCCCCCC. The third-order valence-electron chi connectivity index (χ3n) is 12.1. The molecule has 0 aromatic rings. The second-order valence-electron chi connectivity index (χ2n) is 18.5. The molecule has 0 heterocycles. The molecule has 6 nitrogen and oxygen atoms in total. The number of hydrogen-bond acceptors (Lipinski definition) is 6. The summed E-state index contributed by atoms with van der Waals surface area (Å²) in [4.78, 5) is 38.0. The fraction of sp³-hybridized carbons (Fsp3) is 0.842. The lowest BCUT2D eigenvalue weighted by atomic mass is 10.0. The topological polar surface area (TPSA) is 78.9 Å². The summed E-state index contributed by atoms with van der Waals surface area (Å²) in [6.07, 6.45) is 61.2. The first-order valence-corrected chi connectivity index (χ1v) is 27.5. The van der Waals surface area contributed by atoms with E-state index in [1.807, 2.05) is 0 Å². The molecule has 0 radical (unpaired) electrons. The number of hydrogen-bond donors (Lipinski definition) is 0. The van der Waals surface area contributed by atoms with Gasteiger partial charge in [-0.1, -0.05) is 231 Å². The number of unbranched alkanes of at least 4 members (excludes halogenated alkanes) is 33. The van der Waals surface area contributed by atoms with Crippen LogP contribution in [-0.2, 0) is 28.6 Å². The normalized spacial score (nSPS) is 12.2. The standard InChI is InChI=1S/C57H104O6/c1-4-7-10-13-16-19-22-25-27-28-30-33-35-38-41-44-47-50-56(59)62-53-54(63-57(60)51-48-45-42-39-36-31-24-21-18-15-12-9-6-3)52-61-55(58)49-46-43-40-37-34-32-29-26-23-20-17-14-11-8-5-2/h16,19,25-27,29,54H,4-15,17-18,20-24,28,30-53H2,1-3H3/b19-16-,27-25-,29-26-/t54-/m0/s1. The Hall–Kier alpha value is -2.37.